The van der Waals surface area contributed by atoms with E-state index in [1.54, 1.807) is 12.1 Å². The van der Waals surface area contributed by atoms with E-state index in [1.165, 1.54) is 6.20 Å². The molecule has 94 valence electrons. The number of hydrogen-bond acceptors (Lipinski definition) is 4. The first kappa shape index (κ1) is 12.4. The van der Waals surface area contributed by atoms with Crippen LogP contribution in [0.5, 0.6) is 5.75 Å². The fourth-order valence-corrected chi connectivity index (χ4v) is 1.75. The molecule has 0 aliphatic carbocycles. The van der Waals surface area contributed by atoms with E-state index in [1.807, 2.05) is 30.3 Å². The van der Waals surface area contributed by atoms with Crippen LogP contribution in [0.4, 0.5) is 5.82 Å². The van der Waals surface area contributed by atoms with Crippen molar-refractivity contribution in [2.75, 3.05) is 4.72 Å². The molecule has 1 aromatic carbocycles. The van der Waals surface area contributed by atoms with E-state index in [0.29, 0.717) is 12.4 Å². The Balaban J connectivity index is 2.09. The Hall–Kier alpha value is -2.08. The number of hydrogen-bond donors (Lipinski definition) is 2. The molecule has 0 unspecified atom stereocenters. The summed E-state index contributed by atoms with van der Waals surface area (Å²) >= 11 is 0. The van der Waals surface area contributed by atoms with Crippen molar-refractivity contribution in [1.82, 2.24) is 4.98 Å². The van der Waals surface area contributed by atoms with Gasteiger partial charge in [0.05, 0.1) is 0 Å². The van der Waals surface area contributed by atoms with Crippen molar-refractivity contribution in [1.29, 1.82) is 0 Å². The monoisotopic (exact) mass is 264 g/mol. The second kappa shape index (κ2) is 6.02. The zero-order valence-corrected chi connectivity index (χ0v) is 10.3. The molecule has 2 rings (SSSR count). The molecule has 6 heteroatoms. The number of rotatable bonds is 5. The van der Waals surface area contributed by atoms with Gasteiger partial charge < -0.3 is 4.74 Å². The Morgan fingerprint density at radius 2 is 1.89 bits per heavy atom. The lowest BCUT2D eigenvalue weighted by Crippen LogP contribution is -2.02. The van der Waals surface area contributed by atoms with Crippen LogP contribution in [-0.4, -0.2) is 13.4 Å². The van der Waals surface area contributed by atoms with Gasteiger partial charge in [-0.1, -0.05) is 30.3 Å². The average molecular weight is 264 g/mol. The van der Waals surface area contributed by atoms with Crippen molar-refractivity contribution in [2.45, 2.75) is 6.61 Å². The number of ether oxygens (including phenoxy) is 1. The molecule has 1 heterocycles. The summed E-state index contributed by atoms with van der Waals surface area (Å²) in [6.45, 7) is 0.358. The van der Waals surface area contributed by atoms with Gasteiger partial charge in [-0.25, -0.2) is 13.4 Å². The van der Waals surface area contributed by atoms with Gasteiger partial charge in [-0.3, -0.25) is 4.72 Å². The topological polar surface area (TPSA) is 68.3 Å². The van der Waals surface area contributed by atoms with Crippen molar-refractivity contribution in [3.8, 4) is 5.75 Å². The summed E-state index contributed by atoms with van der Waals surface area (Å²) in [5, 5.41) is 0. The van der Waals surface area contributed by atoms with Crippen LogP contribution in [0.1, 0.15) is 5.56 Å². The molecule has 0 bridgehead atoms. The first-order valence-electron chi connectivity index (χ1n) is 5.28. The second-order valence-corrected chi connectivity index (χ2v) is 4.23. The third-order valence-electron chi connectivity index (χ3n) is 2.21. The maximum Gasteiger partial charge on any atom is 0.223 e. The fourth-order valence-electron chi connectivity index (χ4n) is 1.41. The van der Waals surface area contributed by atoms with Gasteiger partial charge in [0.25, 0.3) is 0 Å². The largest absolute Gasteiger partial charge is 0.485 e. The van der Waals surface area contributed by atoms with Crippen molar-refractivity contribution < 1.29 is 13.2 Å². The van der Waals surface area contributed by atoms with E-state index in [2.05, 4.69) is 9.71 Å². The van der Waals surface area contributed by atoms with E-state index in [-0.39, 0.29) is 5.82 Å². The quantitative estimate of drug-likeness (QED) is 0.805. The van der Waals surface area contributed by atoms with Gasteiger partial charge in [0.2, 0.25) is 10.9 Å². The van der Waals surface area contributed by atoms with E-state index >= 15 is 0 Å². The average Bonchev–Trinajstić information content (AvgIpc) is 2.38. The normalized spacial score (nSPS) is 10.3. The maximum absolute atomic E-state index is 10.6. The highest BCUT2D eigenvalue weighted by Crippen LogP contribution is 2.21. The Kier molecular flexibility index (Phi) is 4.14. The van der Waals surface area contributed by atoms with Gasteiger partial charge in [-0.15, -0.1) is 0 Å². The van der Waals surface area contributed by atoms with Gasteiger partial charge in [-0.05, 0) is 17.7 Å². The molecular formula is C12H12N2O3S. The summed E-state index contributed by atoms with van der Waals surface area (Å²) in [7, 11) is -2.75. The fraction of sp³-hybridized carbons (Fsp3) is 0.0833. The van der Waals surface area contributed by atoms with Gasteiger partial charge in [0.1, 0.15) is 6.61 Å². The molecule has 0 aliphatic heterocycles. The highest BCUT2D eigenvalue weighted by molar-refractivity contribution is 7.73. The number of thiol groups is 1. The van der Waals surface area contributed by atoms with E-state index in [9.17, 15) is 8.42 Å². The first-order valence-corrected chi connectivity index (χ1v) is 6.46. The molecular weight excluding hydrogens is 252 g/mol. The smallest absolute Gasteiger partial charge is 0.223 e. The number of aromatic nitrogens is 1. The highest BCUT2D eigenvalue weighted by Gasteiger charge is 2.04. The molecule has 0 aliphatic rings. The summed E-state index contributed by atoms with van der Waals surface area (Å²) in [6, 6.07) is 12.9. The van der Waals surface area contributed by atoms with E-state index < -0.39 is 10.9 Å². The second-order valence-electron chi connectivity index (χ2n) is 3.49. The standard InChI is InChI=1S/C12H12N2O3S/c15-18(16)14-12-11(7-4-8-13-12)17-9-10-5-2-1-3-6-10/h1-8,18H,9H2,(H,13,14,15,16). The van der Waals surface area contributed by atoms with Gasteiger partial charge in [0, 0.05) is 6.20 Å². The van der Waals surface area contributed by atoms with Crippen molar-refractivity contribution in [3.05, 3.63) is 54.2 Å². The number of anilines is 1. The first-order chi connectivity index (χ1) is 8.75. The van der Waals surface area contributed by atoms with Crippen LogP contribution in [0.3, 0.4) is 0 Å². The summed E-state index contributed by atoms with van der Waals surface area (Å²) < 4.78 is 29.0. The summed E-state index contributed by atoms with van der Waals surface area (Å²) in [6.07, 6.45) is 1.50. The Labute approximate surface area is 107 Å². The molecule has 1 N–H and O–H groups in total. The molecule has 1 aromatic heterocycles. The summed E-state index contributed by atoms with van der Waals surface area (Å²) in [4.78, 5) is 3.91. The molecule has 0 spiro atoms. The van der Waals surface area contributed by atoms with Crippen LogP contribution in [0.15, 0.2) is 48.7 Å². The maximum atomic E-state index is 10.6. The lowest BCUT2D eigenvalue weighted by molar-refractivity contribution is 0.307. The third kappa shape index (κ3) is 3.46. The summed E-state index contributed by atoms with van der Waals surface area (Å²) in [5.41, 5.74) is 0.999. The predicted octanol–water partition coefficient (Wildman–Crippen LogP) is 1.60. The van der Waals surface area contributed by atoms with Crippen LogP contribution in [-0.2, 0) is 17.5 Å². The Morgan fingerprint density at radius 1 is 1.11 bits per heavy atom. The summed E-state index contributed by atoms with van der Waals surface area (Å²) in [5.74, 6) is 0.602. The van der Waals surface area contributed by atoms with Crippen molar-refractivity contribution in [2.24, 2.45) is 0 Å². The van der Waals surface area contributed by atoms with Crippen molar-refractivity contribution in [3.63, 3.8) is 0 Å². The molecule has 5 nitrogen and oxygen atoms in total. The number of nitrogens with zero attached hydrogens (tertiary/aromatic N) is 1. The number of nitrogens with one attached hydrogen (secondary N) is 1. The van der Waals surface area contributed by atoms with Gasteiger partial charge in [-0.2, -0.15) is 0 Å². The molecule has 2 aromatic rings. The van der Waals surface area contributed by atoms with Gasteiger partial charge in [0.15, 0.2) is 11.6 Å². The molecule has 0 atom stereocenters. The van der Waals surface area contributed by atoms with Crippen LogP contribution in [0.25, 0.3) is 0 Å². The van der Waals surface area contributed by atoms with E-state index in [4.69, 9.17) is 4.74 Å². The number of benzene rings is 1. The van der Waals surface area contributed by atoms with Crippen LogP contribution < -0.4 is 9.46 Å². The zero-order chi connectivity index (χ0) is 12.8. The SMILES string of the molecule is O=[SH](=O)Nc1ncccc1OCc1ccccc1. The minimum absolute atomic E-state index is 0.199. The third-order valence-corrected chi connectivity index (χ3v) is 2.60. The lowest BCUT2D eigenvalue weighted by atomic mass is 10.2. The molecule has 0 saturated carbocycles. The molecule has 0 amide bonds. The Morgan fingerprint density at radius 3 is 2.61 bits per heavy atom. The Bertz CT molecular complexity index is 577. The van der Waals surface area contributed by atoms with Crippen molar-refractivity contribution >= 4 is 16.7 Å². The van der Waals surface area contributed by atoms with Crippen LogP contribution in [0, 0.1) is 0 Å². The minimum atomic E-state index is -2.75. The number of pyridine rings is 1. The molecule has 18 heavy (non-hydrogen) atoms. The zero-order valence-electron chi connectivity index (χ0n) is 9.45. The highest BCUT2D eigenvalue weighted by atomic mass is 32.2. The minimum Gasteiger partial charge on any atom is -0.485 e. The molecule has 0 saturated heterocycles. The lowest BCUT2D eigenvalue weighted by Gasteiger charge is -2.09. The van der Waals surface area contributed by atoms with Gasteiger partial charge >= 0.3 is 0 Å². The van der Waals surface area contributed by atoms with Crippen LogP contribution >= 0.6 is 0 Å². The van der Waals surface area contributed by atoms with Crippen LogP contribution in [0.2, 0.25) is 0 Å². The molecule has 0 radical (unpaired) electrons. The van der Waals surface area contributed by atoms with E-state index in [0.717, 1.165) is 5.56 Å². The predicted molar refractivity (Wildman–Crippen MR) is 68.9 cm³/mol. The molecule has 0 fully saturated rings.